The largest absolute Gasteiger partial charge is 0.351 e. The number of hydrogen-bond donors (Lipinski definition) is 1. The minimum atomic E-state index is -0.106. The minimum absolute atomic E-state index is 0.106. The van der Waals surface area contributed by atoms with E-state index in [2.05, 4.69) is 15.5 Å². The van der Waals surface area contributed by atoms with Crippen LogP contribution in [0, 0.1) is 0 Å². The van der Waals surface area contributed by atoms with Gasteiger partial charge in [0.1, 0.15) is 5.03 Å². The first-order valence-electron chi connectivity index (χ1n) is 10.0. The number of halogens is 1. The van der Waals surface area contributed by atoms with Crippen LogP contribution < -0.4 is 5.32 Å². The molecule has 0 unspecified atom stereocenters. The standard InChI is InChI=1S/C24H18ClN5OS/c25-18-11-5-4-10-17(18)14-26-21(31)15-32-24-23-29-28-22(16-8-2-1-3-9-16)30(23)20-13-7-6-12-19(20)27-24/h1-13H,14-15H2,(H,26,31). The van der Waals surface area contributed by atoms with E-state index in [0.717, 1.165) is 28.0 Å². The zero-order chi connectivity index (χ0) is 21.9. The van der Waals surface area contributed by atoms with Crippen LogP contribution in [0.1, 0.15) is 5.56 Å². The molecule has 0 aliphatic heterocycles. The lowest BCUT2D eigenvalue weighted by Gasteiger charge is -2.09. The molecule has 0 saturated carbocycles. The smallest absolute Gasteiger partial charge is 0.230 e. The molecule has 0 radical (unpaired) electrons. The van der Waals surface area contributed by atoms with Crippen LogP contribution in [0.3, 0.4) is 0 Å². The molecule has 2 heterocycles. The average molecular weight is 460 g/mol. The zero-order valence-corrected chi connectivity index (χ0v) is 18.5. The van der Waals surface area contributed by atoms with Gasteiger partial charge in [-0.25, -0.2) is 4.98 Å². The lowest BCUT2D eigenvalue weighted by Crippen LogP contribution is -2.24. The number of thioether (sulfide) groups is 1. The molecule has 32 heavy (non-hydrogen) atoms. The van der Waals surface area contributed by atoms with Crippen molar-refractivity contribution < 1.29 is 4.79 Å². The maximum Gasteiger partial charge on any atom is 0.230 e. The van der Waals surface area contributed by atoms with Gasteiger partial charge in [-0.3, -0.25) is 9.20 Å². The van der Waals surface area contributed by atoms with Crippen LogP contribution in [-0.4, -0.2) is 31.2 Å². The third-order valence-electron chi connectivity index (χ3n) is 5.00. The number of benzene rings is 3. The Hall–Kier alpha value is -3.42. The van der Waals surface area contributed by atoms with Crippen LogP contribution in [0.2, 0.25) is 5.02 Å². The molecule has 2 aromatic heterocycles. The first-order valence-corrected chi connectivity index (χ1v) is 11.4. The van der Waals surface area contributed by atoms with E-state index in [0.29, 0.717) is 22.2 Å². The van der Waals surface area contributed by atoms with Gasteiger partial charge in [0, 0.05) is 17.1 Å². The van der Waals surface area contributed by atoms with E-state index in [1.165, 1.54) is 11.8 Å². The number of fused-ring (bicyclic) bond motifs is 3. The number of rotatable bonds is 6. The number of nitrogens with zero attached hydrogens (tertiary/aromatic N) is 4. The number of para-hydroxylation sites is 2. The second-order valence-corrected chi connectivity index (χ2v) is 8.48. The Morgan fingerprint density at radius 1 is 0.938 bits per heavy atom. The monoisotopic (exact) mass is 459 g/mol. The van der Waals surface area contributed by atoms with Crippen LogP contribution in [0.4, 0.5) is 0 Å². The molecule has 158 valence electrons. The molecule has 1 amide bonds. The lowest BCUT2D eigenvalue weighted by atomic mass is 10.2. The maximum atomic E-state index is 12.5. The Morgan fingerprint density at radius 2 is 1.69 bits per heavy atom. The van der Waals surface area contributed by atoms with Crippen molar-refractivity contribution in [3.63, 3.8) is 0 Å². The zero-order valence-electron chi connectivity index (χ0n) is 16.9. The number of hydrogen-bond acceptors (Lipinski definition) is 5. The van der Waals surface area contributed by atoms with E-state index in [1.54, 1.807) is 0 Å². The molecule has 0 aliphatic rings. The molecule has 0 fully saturated rings. The summed E-state index contributed by atoms with van der Waals surface area (Å²) in [5.74, 6) is 0.842. The quantitative estimate of drug-likeness (QED) is 0.361. The fourth-order valence-electron chi connectivity index (χ4n) is 3.45. The van der Waals surface area contributed by atoms with E-state index in [1.807, 2.05) is 83.3 Å². The predicted molar refractivity (Wildman–Crippen MR) is 128 cm³/mol. The highest BCUT2D eigenvalue weighted by Gasteiger charge is 2.17. The van der Waals surface area contributed by atoms with Gasteiger partial charge in [0.05, 0.1) is 16.8 Å². The fourth-order valence-corrected chi connectivity index (χ4v) is 4.45. The minimum Gasteiger partial charge on any atom is -0.351 e. The number of carbonyl (C=O) groups is 1. The third kappa shape index (κ3) is 4.04. The average Bonchev–Trinajstić information content (AvgIpc) is 3.28. The van der Waals surface area contributed by atoms with Crippen LogP contribution in [0.15, 0.2) is 83.9 Å². The molecule has 5 aromatic rings. The second-order valence-electron chi connectivity index (χ2n) is 7.11. The normalized spacial score (nSPS) is 11.2. The molecule has 3 aromatic carbocycles. The molecular weight excluding hydrogens is 442 g/mol. The van der Waals surface area contributed by atoms with Crippen molar-refractivity contribution in [2.75, 3.05) is 5.75 Å². The van der Waals surface area contributed by atoms with Gasteiger partial charge in [-0.05, 0) is 23.8 Å². The number of aromatic nitrogens is 4. The highest BCUT2D eigenvalue weighted by Crippen LogP contribution is 2.29. The van der Waals surface area contributed by atoms with Crippen molar-refractivity contribution in [2.45, 2.75) is 11.6 Å². The summed E-state index contributed by atoms with van der Waals surface area (Å²) in [5, 5.41) is 13.0. The Balaban J connectivity index is 1.43. The number of nitrogens with one attached hydrogen (secondary N) is 1. The molecule has 1 N–H and O–H groups in total. The molecule has 0 aliphatic carbocycles. The molecule has 0 atom stereocenters. The molecular formula is C24H18ClN5OS. The van der Waals surface area contributed by atoms with Crippen molar-refractivity contribution in [1.29, 1.82) is 0 Å². The topological polar surface area (TPSA) is 72.2 Å². The first-order chi connectivity index (χ1) is 15.7. The maximum absolute atomic E-state index is 12.5. The fraction of sp³-hybridized carbons (Fsp3) is 0.0833. The van der Waals surface area contributed by atoms with Crippen LogP contribution >= 0.6 is 23.4 Å². The van der Waals surface area contributed by atoms with Crippen molar-refractivity contribution in [3.8, 4) is 11.4 Å². The van der Waals surface area contributed by atoms with Gasteiger partial charge in [0.15, 0.2) is 11.5 Å². The van der Waals surface area contributed by atoms with Gasteiger partial charge in [0.25, 0.3) is 0 Å². The predicted octanol–water partition coefficient (Wildman–Crippen LogP) is 5.01. The van der Waals surface area contributed by atoms with Crippen molar-refractivity contribution in [2.24, 2.45) is 0 Å². The van der Waals surface area contributed by atoms with Crippen LogP contribution in [0.5, 0.6) is 0 Å². The van der Waals surface area contributed by atoms with E-state index < -0.39 is 0 Å². The van der Waals surface area contributed by atoms with Gasteiger partial charge in [-0.2, -0.15) is 0 Å². The van der Waals surface area contributed by atoms with Gasteiger partial charge < -0.3 is 5.32 Å². The highest BCUT2D eigenvalue weighted by molar-refractivity contribution is 8.00. The third-order valence-corrected chi connectivity index (χ3v) is 6.33. The lowest BCUT2D eigenvalue weighted by molar-refractivity contribution is -0.118. The van der Waals surface area contributed by atoms with Crippen LogP contribution in [-0.2, 0) is 11.3 Å². The summed E-state index contributed by atoms with van der Waals surface area (Å²) in [4.78, 5) is 17.2. The second kappa shape index (κ2) is 8.98. The van der Waals surface area contributed by atoms with Gasteiger partial charge in [0.2, 0.25) is 5.91 Å². The number of amides is 1. The van der Waals surface area contributed by atoms with Gasteiger partial charge >= 0.3 is 0 Å². The summed E-state index contributed by atoms with van der Waals surface area (Å²) < 4.78 is 2.00. The van der Waals surface area contributed by atoms with E-state index in [4.69, 9.17) is 16.6 Å². The summed E-state index contributed by atoms with van der Waals surface area (Å²) >= 11 is 7.51. The Labute approximate surface area is 193 Å². The summed E-state index contributed by atoms with van der Waals surface area (Å²) in [7, 11) is 0. The summed E-state index contributed by atoms with van der Waals surface area (Å²) in [6, 6.07) is 25.2. The summed E-state index contributed by atoms with van der Waals surface area (Å²) in [6.45, 7) is 0.378. The summed E-state index contributed by atoms with van der Waals surface area (Å²) in [6.07, 6.45) is 0. The molecule has 0 saturated heterocycles. The Kier molecular flexibility index (Phi) is 5.75. The highest BCUT2D eigenvalue weighted by atomic mass is 35.5. The molecule has 6 nitrogen and oxygen atoms in total. The van der Waals surface area contributed by atoms with Crippen molar-refractivity contribution in [1.82, 2.24) is 24.9 Å². The molecule has 0 bridgehead atoms. The molecule has 0 spiro atoms. The Bertz CT molecular complexity index is 1420. The Morgan fingerprint density at radius 3 is 2.53 bits per heavy atom. The van der Waals surface area contributed by atoms with Gasteiger partial charge in [-0.15, -0.1) is 10.2 Å². The number of carbonyl (C=O) groups excluding carboxylic acids is 1. The van der Waals surface area contributed by atoms with E-state index in [-0.39, 0.29) is 11.7 Å². The molecule has 8 heteroatoms. The summed E-state index contributed by atoms with van der Waals surface area (Å²) in [5.41, 5.74) is 4.20. The van der Waals surface area contributed by atoms with Gasteiger partial charge in [-0.1, -0.05) is 84.0 Å². The van der Waals surface area contributed by atoms with Crippen LogP contribution in [0.25, 0.3) is 28.1 Å². The molecule has 5 rings (SSSR count). The SMILES string of the molecule is O=C(CSc1nc2ccccc2n2c(-c3ccccc3)nnc12)NCc1ccccc1Cl. The van der Waals surface area contributed by atoms with E-state index >= 15 is 0 Å². The van der Waals surface area contributed by atoms with E-state index in [9.17, 15) is 4.79 Å². The first kappa shape index (κ1) is 20.5. The van der Waals surface area contributed by atoms with Crippen molar-refractivity contribution >= 4 is 46.0 Å². The van der Waals surface area contributed by atoms with Crippen molar-refractivity contribution in [3.05, 3.63) is 89.4 Å².